The van der Waals surface area contributed by atoms with Crippen molar-refractivity contribution in [3.63, 3.8) is 0 Å². The number of nitrogens with zero attached hydrogens (tertiary/aromatic N) is 2. The summed E-state index contributed by atoms with van der Waals surface area (Å²) in [6.45, 7) is 2.69. The fourth-order valence-electron chi connectivity index (χ4n) is 4.27. The van der Waals surface area contributed by atoms with Gasteiger partial charge in [-0.1, -0.05) is 18.2 Å². The number of rotatable bonds is 8. The van der Waals surface area contributed by atoms with E-state index in [-0.39, 0.29) is 29.2 Å². The molecule has 1 heterocycles. The first-order valence-corrected chi connectivity index (χ1v) is 12.6. The van der Waals surface area contributed by atoms with Crippen LogP contribution < -0.4 is 5.32 Å². The fraction of sp³-hybridized carbons (Fsp3) is 0.565. The van der Waals surface area contributed by atoms with Crippen molar-refractivity contribution in [1.29, 1.82) is 5.26 Å². The summed E-state index contributed by atoms with van der Waals surface area (Å²) in [5.74, 6) is -0.312. The van der Waals surface area contributed by atoms with Crippen LogP contribution in [0, 0.1) is 11.3 Å². The summed E-state index contributed by atoms with van der Waals surface area (Å²) in [5.41, 5.74) is 3.70. The molecule has 0 spiro atoms. The second-order valence-electron chi connectivity index (χ2n) is 8.37. The molecule has 0 radical (unpaired) electrons. The van der Waals surface area contributed by atoms with Crippen LogP contribution in [0.1, 0.15) is 48.9 Å². The molecule has 8 heteroatoms. The molecule has 7 nitrogen and oxygen atoms in total. The van der Waals surface area contributed by atoms with Gasteiger partial charge in [-0.3, -0.25) is 4.79 Å². The van der Waals surface area contributed by atoms with Crippen molar-refractivity contribution in [3.8, 4) is 6.07 Å². The normalized spacial score (nSPS) is 21.1. The van der Waals surface area contributed by atoms with Gasteiger partial charge in [-0.25, -0.2) is 8.42 Å². The van der Waals surface area contributed by atoms with Gasteiger partial charge in [0.25, 0.3) is 5.91 Å². The number of fused-ring (bicyclic) bond motifs is 1. The number of nitriles is 1. The number of nitrogens with one attached hydrogen (secondary N) is 1. The number of carbonyl (C=O) groups excluding carboxylic acids is 1. The quantitative estimate of drug-likeness (QED) is 0.487. The molecule has 0 aromatic heterocycles. The van der Waals surface area contributed by atoms with E-state index in [2.05, 4.69) is 17.4 Å². The molecule has 1 saturated heterocycles. The van der Waals surface area contributed by atoms with Crippen molar-refractivity contribution in [2.75, 3.05) is 31.8 Å². The maximum Gasteiger partial charge on any atom is 0.263 e. The van der Waals surface area contributed by atoms with E-state index < -0.39 is 15.7 Å². The predicted octanol–water partition coefficient (Wildman–Crippen LogP) is 2.29. The Bertz CT molecular complexity index is 981. The second kappa shape index (κ2) is 10.3. The first-order chi connectivity index (χ1) is 14.8. The highest BCUT2D eigenvalue weighted by Crippen LogP contribution is 2.25. The van der Waals surface area contributed by atoms with Gasteiger partial charge >= 0.3 is 0 Å². The molecule has 2 unspecified atom stereocenters. The van der Waals surface area contributed by atoms with Gasteiger partial charge in [0.1, 0.15) is 11.6 Å². The molecule has 31 heavy (non-hydrogen) atoms. The van der Waals surface area contributed by atoms with Crippen LogP contribution in [0.25, 0.3) is 0 Å². The van der Waals surface area contributed by atoms with E-state index in [0.29, 0.717) is 19.6 Å². The Kier molecular flexibility index (Phi) is 7.74. The Morgan fingerprint density at radius 2 is 2.10 bits per heavy atom. The molecule has 168 valence electrons. The molecule has 1 aliphatic heterocycles. The number of sulfone groups is 1. The Balaban J connectivity index is 1.72. The van der Waals surface area contributed by atoms with E-state index in [1.54, 1.807) is 12.0 Å². The number of ether oxygens (including phenoxy) is 1. The molecule has 1 N–H and O–H groups in total. The first kappa shape index (κ1) is 23.3. The van der Waals surface area contributed by atoms with Gasteiger partial charge in [0.15, 0.2) is 9.84 Å². The van der Waals surface area contributed by atoms with Crippen molar-refractivity contribution < 1.29 is 17.9 Å². The van der Waals surface area contributed by atoms with Crippen molar-refractivity contribution in [2.45, 2.75) is 51.1 Å². The Morgan fingerprint density at radius 1 is 1.35 bits per heavy atom. The molecule has 1 amide bonds. The Hall–Kier alpha value is -2.37. The summed E-state index contributed by atoms with van der Waals surface area (Å²) in [4.78, 5) is 14.6. The van der Waals surface area contributed by atoms with Gasteiger partial charge in [-0.05, 0) is 55.7 Å². The monoisotopic (exact) mass is 445 g/mol. The van der Waals surface area contributed by atoms with E-state index in [1.807, 2.05) is 19.1 Å². The summed E-state index contributed by atoms with van der Waals surface area (Å²) in [6.07, 6.45) is 6.54. The maximum absolute atomic E-state index is 12.8. The van der Waals surface area contributed by atoms with E-state index in [4.69, 9.17) is 4.74 Å². The second-order valence-corrected chi connectivity index (χ2v) is 10.6. The lowest BCUT2D eigenvalue weighted by Gasteiger charge is -2.27. The minimum Gasteiger partial charge on any atom is -0.383 e. The van der Waals surface area contributed by atoms with Crippen molar-refractivity contribution in [1.82, 2.24) is 10.2 Å². The van der Waals surface area contributed by atoms with Gasteiger partial charge < -0.3 is 15.0 Å². The van der Waals surface area contributed by atoms with Gasteiger partial charge in [0, 0.05) is 25.9 Å². The number of amides is 1. The van der Waals surface area contributed by atoms with Crippen LogP contribution in [-0.2, 0) is 32.2 Å². The maximum atomic E-state index is 12.8. The molecule has 1 aromatic carbocycles. The van der Waals surface area contributed by atoms with Gasteiger partial charge in [0.05, 0.1) is 24.2 Å². The molecule has 1 fully saturated rings. The zero-order chi connectivity index (χ0) is 22.4. The lowest BCUT2D eigenvalue weighted by atomic mass is 9.89. The van der Waals surface area contributed by atoms with Crippen LogP contribution in [0.4, 0.5) is 0 Å². The number of methoxy groups -OCH3 is 1. The third-order valence-electron chi connectivity index (χ3n) is 6.11. The Labute approximate surface area is 185 Å². The van der Waals surface area contributed by atoms with E-state index in [1.165, 1.54) is 30.2 Å². The highest BCUT2D eigenvalue weighted by Gasteiger charge is 2.31. The van der Waals surface area contributed by atoms with Crippen LogP contribution in [0.5, 0.6) is 0 Å². The van der Waals surface area contributed by atoms with Crippen LogP contribution in [0.15, 0.2) is 30.0 Å². The summed E-state index contributed by atoms with van der Waals surface area (Å²) in [5, 5.41) is 12.5. The molecular formula is C23H31N3O4S. The molecule has 1 aliphatic carbocycles. The lowest BCUT2D eigenvalue weighted by molar-refractivity contribution is -0.117. The molecule has 0 saturated carbocycles. The number of aryl methyl sites for hydroxylation is 2. The van der Waals surface area contributed by atoms with Crippen LogP contribution >= 0.6 is 0 Å². The van der Waals surface area contributed by atoms with Crippen molar-refractivity contribution in [3.05, 3.63) is 46.7 Å². The lowest BCUT2D eigenvalue weighted by Crippen LogP contribution is -2.36. The van der Waals surface area contributed by atoms with Crippen LogP contribution in [0.3, 0.4) is 0 Å². The van der Waals surface area contributed by atoms with E-state index >= 15 is 0 Å². The number of hydrogen-bond acceptors (Lipinski definition) is 6. The average molecular weight is 446 g/mol. The van der Waals surface area contributed by atoms with Gasteiger partial charge in [-0.2, -0.15) is 5.26 Å². The molecule has 0 bridgehead atoms. The van der Waals surface area contributed by atoms with E-state index in [9.17, 15) is 18.5 Å². The van der Waals surface area contributed by atoms with Crippen LogP contribution in [-0.4, -0.2) is 57.0 Å². The highest BCUT2D eigenvalue weighted by atomic mass is 32.2. The largest absolute Gasteiger partial charge is 0.383 e. The highest BCUT2D eigenvalue weighted by molar-refractivity contribution is 7.91. The summed E-state index contributed by atoms with van der Waals surface area (Å²) in [7, 11) is -1.53. The molecule has 3 rings (SSSR count). The van der Waals surface area contributed by atoms with Crippen LogP contribution in [0.2, 0.25) is 0 Å². The number of benzene rings is 1. The van der Waals surface area contributed by atoms with Gasteiger partial charge in [-0.15, -0.1) is 0 Å². The first-order valence-electron chi connectivity index (χ1n) is 10.8. The molecule has 2 atom stereocenters. The summed E-state index contributed by atoms with van der Waals surface area (Å²) >= 11 is 0. The average Bonchev–Trinajstić information content (AvgIpc) is 3.13. The third-order valence-corrected chi connectivity index (χ3v) is 7.86. The molecule has 2 aliphatic rings. The van der Waals surface area contributed by atoms with Gasteiger partial charge in [0.2, 0.25) is 0 Å². The van der Waals surface area contributed by atoms with Crippen molar-refractivity contribution in [2.24, 2.45) is 0 Å². The topological polar surface area (TPSA) is 99.5 Å². The predicted molar refractivity (Wildman–Crippen MR) is 119 cm³/mol. The van der Waals surface area contributed by atoms with Crippen molar-refractivity contribution >= 4 is 15.7 Å². The van der Waals surface area contributed by atoms with E-state index in [0.717, 1.165) is 18.4 Å². The minimum atomic E-state index is -3.09. The zero-order valence-electron chi connectivity index (χ0n) is 18.3. The number of carbonyl (C=O) groups is 1. The molecular weight excluding hydrogens is 414 g/mol. The zero-order valence-corrected chi connectivity index (χ0v) is 19.1. The Morgan fingerprint density at radius 3 is 2.74 bits per heavy atom. The third kappa shape index (κ3) is 6.08. The minimum absolute atomic E-state index is 0.0269. The summed E-state index contributed by atoms with van der Waals surface area (Å²) in [6, 6.07) is 7.82. The fourth-order valence-corrected chi connectivity index (χ4v) is 6.01. The summed E-state index contributed by atoms with van der Waals surface area (Å²) < 4.78 is 28.9. The standard InChI is InChI=1S/C23H31N3O4S/c1-17(19-8-7-18-5-3-4-6-20(18)13-19)25-23(27)21(14-24)15-26(10-11-30-2)22-9-12-31(28,29)16-22/h7-8,13,15,17,22H,3-6,9-12,16H2,1-2H3,(H,25,27)/b21-15-. The SMILES string of the molecule is COCCN(/C=C(/C#N)C(=O)NC(C)c1ccc2c(c1)CCCC2)C1CCS(=O)(=O)C1. The molecule has 1 aromatic rings. The smallest absolute Gasteiger partial charge is 0.263 e. The number of hydrogen-bond donors (Lipinski definition) is 1.